The van der Waals surface area contributed by atoms with E-state index in [1.165, 1.54) is 12.8 Å². The molecule has 0 saturated carbocycles. The zero-order chi connectivity index (χ0) is 12.2. The van der Waals surface area contributed by atoms with E-state index in [-0.39, 0.29) is 12.4 Å². The van der Waals surface area contributed by atoms with Crippen molar-refractivity contribution in [3.8, 4) is 0 Å². The first-order valence-corrected chi connectivity index (χ1v) is 7.46. The molecule has 3 heterocycles. The smallest absolute Gasteiger partial charge is 0.0813 e. The second-order valence-electron chi connectivity index (χ2n) is 5.82. The number of halogens is 1. The molecule has 0 aromatic rings. The predicted octanol–water partition coefficient (Wildman–Crippen LogP) is 1.76. The van der Waals surface area contributed by atoms with Gasteiger partial charge in [0.05, 0.1) is 18.8 Å². The average molecular weight is 292 g/mol. The zero-order valence-corrected chi connectivity index (χ0v) is 12.3. The molecular weight excluding hydrogens is 266 g/mol. The minimum Gasteiger partial charge on any atom is -0.381 e. The summed E-state index contributed by atoms with van der Waals surface area (Å²) < 4.78 is 17.3. The van der Waals surface area contributed by atoms with Gasteiger partial charge in [-0.2, -0.15) is 0 Å². The van der Waals surface area contributed by atoms with Crippen LogP contribution >= 0.6 is 12.4 Å². The van der Waals surface area contributed by atoms with Crippen LogP contribution in [0.4, 0.5) is 0 Å². The standard InChI is InChI=1S/C14H25NO3.ClH/c1-2-13-14(3-6-15-13)18-12(1)10-17-9-11-4-7-16-8-5-11;/h11-15H,1-10H2;1H/t12-,13+,14+;/m0./s1. The van der Waals surface area contributed by atoms with E-state index in [4.69, 9.17) is 14.2 Å². The van der Waals surface area contributed by atoms with Gasteiger partial charge >= 0.3 is 0 Å². The fraction of sp³-hybridized carbons (Fsp3) is 1.00. The van der Waals surface area contributed by atoms with E-state index in [1.54, 1.807) is 0 Å². The third-order valence-electron chi connectivity index (χ3n) is 4.45. The van der Waals surface area contributed by atoms with Gasteiger partial charge in [0.15, 0.2) is 0 Å². The Kier molecular flexibility index (Phi) is 6.36. The van der Waals surface area contributed by atoms with E-state index >= 15 is 0 Å². The van der Waals surface area contributed by atoms with Crippen LogP contribution in [0, 0.1) is 5.92 Å². The average Bonchev–Trinajstić information content (AvgIpc) is 2.87. The Balaban J connectivity index is 0.00000133. The molecule has 112 valence electrons. The summed E-state index contributed by atoms with van der Waals surface area (Å²) in [5.41, 5.74) is 0. The summed E-state index contributed by atoms with van der Waals surface area (Å²) in [4.78, 5) is 0. The molecule has 0 amide bonds. The first kappa shape index (κ1) is 15.5. The molecule has 0 aromatic carbocycles. The molecule has 0 spiro atoms. The molecule has 0 bridgehead atoms. The Morgan fingerprint density at radius 3 is 2.68 bits per heavy atom. The molecule has 3 rings (SSSR count). The number of hydrogen-bond acceptors (Lipinski definition) is 4. The highest BCUT2D eigenvalue weighted by molar-refractivity contribution is 5.85. The molecule has 0 aliphatic carbocycles. The molecular formula is C14H26ClNO3. The molecule has 3 saturated heterocycles. The highest BCUT2D eigenvalue weighted by Crippen LogP contribution is 2.25. The van der Waals surface area contributed by atoms with Gasteiger partial charge in [-0.3, -0.25) is 0 Å². The molecule has 19 heavy (non-hydrogen) atoms. The lowest BCUT2D eigenvalue weighted by Crippen LogP contribution is -2.42. The summed E-state index contributed by atoms with van der Waals surface area (Å²) in [6.07, 6.45) is 6.63. The van der Waals surface area contributed by atoms with Gasteiger partial charge in [-0.1, -0.05) is 0 Å². The summed E-state index contributed by atoms with van der Waals surface area (Å²) in [5.74, 6) is 0.697. The van der Waals surface area contributed by atoms with Crippen molar-refractivity contribution < 1.29 is 14.2 Å². The van der Waals surface area contributed by atoms with Gasteiger partial charge in [0.25, 0.3) is 0 Å². The van der Waals surface area contributed by atoms with Crippen molar-refractivity contribution in [1.82, 2.24) is 5.32 Å². The van der Waals surface area contributed by atoms with Crippen LogP contribution in [0.15, 0.2) is 0 Å². The van der Waals surface area contributed by atoms with E-state index in [2.05, 4.69) is 5.32 Å². The van der Waals surface area contributed by atoms with Crippen LogP contribution in [0.5, 0.6) is 0 Å². The maximum Gasteiger partial charge on any atom is 0.0813 e. The lowest BCUT2D eigenvalue weighted by molar-refractivity contribution is -0.0949. The normalized spacial score (nSPS) is 35.7. The third kappa shape index (κ3) is 4.30. The fourth-order valence-corrected chi connectivity index (χ4v) is 3.28. The Morgan fingerprint density at radius 1 is 1.00 bits per heavy atom. The van der Waals surface area contributed by atoms with Gasteiger partial charge in [-0.05, 0) is 44.6 Å². The Morgan fingerprint density at radius 2 is 1.84 bits per heavy atom. The van der Waals surface area contributed by atoms with E-state index in [0.29, 0.717) is 24.2 Å². The van der Waals surface area contributed by atoms with Crippen LogP contribution < -0.4 is 5.32 Å². The van der Waals surface area contributed by atoms with Crippen LogP contribution in [-0.4, -0.2) is 51.2 Å². The van der Waals surface area contributed by atoms with Crippen molar-refractivity contribution in [3.63, 3.8) is 0 Å². The molecule has 3 fully saturated rings. The largest absolute Gasteiger partial charge is 0.381 e. The van der Waals surface area contributed by atoms with Crippen molar-refractivity contribution in [2.45, 2.75) is 50.4 Å². The van der Waals surface area contributed by atoms with Gasteiger partial charge in [0, 0.05) is 25.9 Å². The molecule has 4 nitrogen and oxygen atoms in total. The maximum atomic E-state index is 6.09. The molecule has 5 heteroatoms. The molecule has 0 radical (unpaired) electrons. The summed E-state index contributed by atoms with van der Waals surface area (Å²) in [5, 5.41) is 3.51. The lowest BCUT2D eigenvalue weighted by atomic mass is 10.00. The molecule has 3 aliphatic heterocycles. The zero-order valence-electron chi connectivity index (χ0n) is 11.5. The highest BCUT2D eigenvalue weighted by atomic mass is 35.5. The Labute approximate surface area is 122 Å². The molecule has 0 aromatic heterocycles. The number of rotatable bonds is 4. The first-order chi connectivity index (χ1) is 8.92. The lowest BCUT2D eigenvalue weighted by Gasteiger charge is -2.32. The van der Waals surface area contributed by atoms with Crippen LogP contribution in [0.2, 0.25) is 0 Å². The minimum atomic E-state index is 0. The third-order valence-corrected chi connectivity index (χ3v) is 4.45. The van der Waals surface area contributed by atoms with Crippen LogP contribution in [0.1, 0.15) is 32.1 Å². The number of fused-ring (bicyclic) bond motifs is 1. The van der Waals surface area contributed by atoms with Gasteiger partial charge in [-0.25, -0.2) is 0 Å². The summed E-state index contributed by atoms with van der Waals surface area (Å²) in [6, 6.07) is 0.608. The van der Waals surface area contributed by atoms with E-state index < -0.39 is 0 Å². The predicted molar refractivity (Wildman–Crippen MR) is 75.9 cm³/mol. The van der Waals surface area contributed by atoms with Crippen molar-refractivity contribution in [3.05, 3.63) is 0 Å². The van der Waals surface area contributed by atoms with Gasteiger partial charge in [0.2, 0.25) is 0 Å². The van der Waals surface area contributed by atoms with Gasteiger partial charge < -0.3 is 19.5 Å². The quantitative estimate of drug-likeness (QED) is 0.857. The van der Waals surface area contributed by atoms with Crippen molar-refractivity contribution >= 4 is 12.4 Å². The van der Waals surface area contributed by atoms with Crippen molar-refractivity contribution in [2.24, 2.45) is 5.92 Å². The number of nitrogens with one attached hydrogen (secondary N) is 1. The summed E-state index contributed by atoms with van der Waals surface area (Å²) in [7, 11) is 0. The fourth-order valence-electron chi connectivity index (χ4n) is 3.28. The maximum absolute atomic E-state index is 6.09. The summed E-state index contributed by atoms with van der Waals surface area (Å²) >= 11 is 0. The molecule has 1 N–H and O–H groups in total. The Bertz CT molecular complexity index is 261. The van der Waals surface area contributed by atoms with Crippen molar-refractivity contribution in [1.29, 1.82) is 0 Å². The summed E-state index contributed by atoms with van der Waals surface area (Å²) in [6.45, 7) is 4.59. The SMILES string of the molecule is C1C[C@H]2O[C@H](COCC3CCOCC3)CC[C@H]2N1.Cl. The molecule has 0 unspecified atom stereocenters. The second kappa shape index (κ2) is 7.79. The van der Waals surface area contributed by atoms with Crippen LogP contribution in [0.3, 0.4) is 0 Å². The van der Waals surface area contributed by atoms with Gasteiger partial charge in [-0.15, -0.1) is 12.4 Å². The van der Waals surface area contributed by atoms with Crippen molar-refractivity contribution in [2.75, 3.05) is 33.0 Å². The van der Waals surface area contributed by atoms with Gasteiger partial charge in [0.1, 0.15) is 0 Å². The van der Waals surface area contributed by atoms with E-state index in [9.17, 15) is 0 Å². The number of ether oxygens (including phenoxy) is 3. The minimum absolute atomic E-state index is 0. The van der Waals surface area contributed by atoms with Crippen LogP contribution in [0.25, 0.3) is 0 Å². The highest BCUT2D eigenvalue weighted by Gasteiger charge is 2.34. The van der Waals surface area contributed by atoms with E-state index in [1.807, 2.05) is 0 Å². The second-order valence-corrected chi connectivity index (χ2v) is 5.82. The van der Waals surface area contributed by atoms with Crippen LogP contribution in [-0.2, 0) is 14.2 Å². The van der Waals surface area contributed by atoms with E-state index in [0.717, 1.165) is 52.2 Å². The number of hydrogen-bond donors (Lipinski definition) is 1. The monoisotopic (exact) mass is 291 g/mol. The molecule has 3 aliphatic rings. The Hall–Kier alpha value is 0.130. The molecule has 3 atom stereocenters. The first-order valence-electron chi connectivity index (χ1n) is 7.46. The topological polar surface area (TPSA) is 39.7 Å².